The molecule has 0 spiro atoms. The second kappa shape index (κ2) is 11.1. The molecule has 6 nitrogen and oxygen atoms in total. The molecular formula is C19H29NO5. The van der Waals surface area contributed by atoms with Crippen LogP contribution in [0.1, 0.15) is 32.3 Å². The van der Waals surface area contributed by atoms with Crippen molar-refractivity contribution in [1.82, 2.24) is 4.90 Å². The normalized spacial score (nSPS) is 17.7. The fraction of sp³-hybridized carbons (Fsp3) is 0.632. The van der Waals surface area contributed by atoms with Crippen LogP contribution in [0, 0.1) is 0 Å². The number of amides is 1. The fourth-order valence-corrected chi connectivity index (χ4v) is 2.78. The quantitative estimate of drug-likeness (QED) is 0.640. The molecule has 0 aliphatic carbocycles. The third kappa shape index (κ3) is 7.02. The smallest absolute Gasteiger partial charge is 0.410 e. The number of rotatable bonds is 9. The lowest BCUT2D eigenvalue weighted by Crippen LogP contribution is -2.44. The molecule has 1 fully saturated rings. The van der Waals surface area contributed by atoms with Crippen LogP contribution in [-0.2, 0) is 25.6 Å². The minimum atomic E-state index is -0.351. The maximum absolute atomic E-state index is 12.3. The summed E-state index contributed by atoms with van der Waals surface area (Å²) in [6, 6.07) is 9.69. The fourth-order valence-electron chi connectivity index (χ4n) is 2.78. The number of carbonyl (C=O) groups is 1. The van der Waals surface area contributed by atoms with Crippen LogP contribution in [0.25, 0.3) is 0 Å². The van der Waals surface area contributed by atoms with Gasteiger partial charge in [-0.2, -0.15) is 0 Å². The molecule has 1 aliphatic rings. The minimum Gasteiger partial charge on any atom is -0.445 e. The summed E-state index contributed by atoms with van der Waals surface area (Å²) in [5.41, 5.74) is 0.983. The van der Waals surface area contributed by atoms with Crippen molar-refractivity contribution in [3.63, 3.8) is 0 Å². The van der Waals surface area contributed by atoms with Gasteiger partial charge < -0.3 is 23.8 Å². The van der Waals surface area contributed by atoms with Crippen molar-refractivity contribution in [3.05, 3.63) is 35.9 Å². The maximum Gasteiger partial charge on any atom is 0.410 e. The zero-order chi connectivity index (χ0) is 17.9. The summed E-state index contributed by atoms with van der Waals surface area (Å²) >= 11 is 0. The van der Waals surface area contributed by atoms with Gasteiger partial charge in [0.15, 0.2) is 6.29 Å². The van der Waals surface area contributed by atoms with Crippen LogP contribution < -0.4 is 0 Å². The molecule has 1 aromatic carbocycles. The van der Waals surface area contributed by atoms with E-state index in [0.717, 1.165) is 18.4 Å². The first-order valence-corrected chi connectivity index (χ1v) is 9.03. The molecule has 1 atom stereocenters. The lowest BCUT2D eigenvalue weighted by molar-refractivity contribution is -0.179. The van der Waals surface area contributed by atoms with E-state index in [2.05, 4.69) is 0 Å². The molecule has 0 bridgehead atoms. The van der Waals surface area contributed by atoms with E-state index >= 15 is 0 Å². The van der Waals surface area contributed by atoms with Crippen molar-refractivity contribution in [2.24, 2.45) is 0 Å². The predicted molar refractivity (Wildman–Crippen MR) is 94.2 cm³/mol. The number of benzene rings is 1. The van der Waals surface area contributed by atoms with Gasteiger partial charge in [-0.05, 0) is 32.3 Å². The highest BCUT2D eigenvalue weighted by Crippen LogP contribution is 2.16. The van der Waals surface area contributed by atoms with Crippen LogP contribution >= 0.6 is 0 Å². The van der Waals surface area contributed by atoms with Gasteiger partial charge in [-0.15, -0.1) is 0 Å². The molecular weight excluding hydrogens is 322 g/mol. The first-order chi connectivity index (χ1) is 12.2. The van der Waals surface area contributed by atoms with E-state index in [1.165, 1.54) is 0 Å². The van der Waals surface area contributed by atoms with Gasteiger partial charge in [-0.25, -0.2) is 4.79 Å². The van der Waals surface area contributed by atoms with Crippen molar-refractivity contribution in [3.8, 4) is 0 Å². The Kier molecular flexibility index (Phi) is 8.72. The highest BCUT2D eigenvalue weighted by atomic mass is 16.7. The van der Waals surface area contributed by atoms with Gasteiger partial charge >= 0.3 is 6.09 Å². The molecule has 0 aromatic heterocycles. The number of hydrogen-bond acceptors (Lipinski definition) is 5. The Morgan fingerprint density at radius 3 is 2.60 bits per heavy atom. The Morgan fingerprint density at radius 1 is 1.20 bits per heavy atom. The Morgan fingerprint density at radius 2 is 1.92 bits per heavy atom. The molecule has 1 aliphatic heterocycles. The molecule has 0 N–H and O–H groups in total. The van der Waals surface area contributed by atoms with Gasteiger partial charge in [0, 0.05) is 19.8 Å². The van der Waals surface area contributed by atoms with Crippen LogP contribution in [-0.4, -0.2) is 56.3 Å². The highest BCUT2D eigenvalue weighted by Gasteiger charge is 2.26. The van der Waals surface area contributed by atoms with E-state index < -0.39 is 0 Å². The highest BCUT2D eigenvalue weighted by molar-refractivity contribution is 5.67. The second-order valence-electron chi connectivity index (χ2n) is 5.92. The van der Waals surface area contributed by atoms with Gasteiger partial charge in [-0.3, -0.25) is 0 Å². The van der Waals surface area contributed by atoms with Gasteiger partial charge in [0.05, 0.1) is 19.3 Å². The van der Waals surface area contributed by atoms with Crippen molar-refractivity contribution in [2.45, 2.75) is 45.7 Å². The summed E-state index contributed by atoms with van der Waals surface area (Å²) in [4.78, 5) is 14.0. The van der Waals surface area contributed by atoms with Gasteiger partial charge in [0.1, 0.15) is 6.61 Å². The predicted octanol–water partition coefficient (Wildman–Crippen LogP) is 3.20. The largest absolute Gasteiger partial charge is 0.445 e. The molecule has 1 aromatic rings. The zero-order valence-corrected chi connectivity index (χ0v) is 15.2. The summed E-state index contributed by atoms with van der Waals surface area (Å²) in [7, 11) is 0. The minimum absolute atomic E-state index is 0.0126. The van der Waals surface area contributed by atoms with Crippen LogP contribution in [0.2, 0.25) is 0 Å². The van der Waals surface area contributed by atoms with Crippen LogP contribution in [0.3, 0.4) is 0 Å². The average molecular weight is 351 g/mol. The van der Waals surface area contributed by atoms with Crippen molar-refractivity contribution < 1.29 is 23.7 Å². The second-order valence-corrected chi connectivity index (χ2v) is 5.92. The Balaban J connectivity index is 1.74. The monoisotopic (exact) mass is 351 g/mol. The van der Waals surface area contributed by atoms with Crippen molar-refractivity contribution in [2.75, 3.05) is 32.9 Å². The molecule has 6 heteroatoms. The Hall–Kier alpha value is -1.63. The summed E-state index contributed by atoms with van der Waals surface area (Å²) in [5.74, 6) is 0. The Bertz CT molecular complexity index is 490. The first kappa shape index (κ1) is 19.7. The summed E-state index contributed by atoms with van der Waals surface area (Å²) in [6.07, 6.45) is 1.17. The van der Waals surface area contributed by atoms with Gasteiger partial charge in [0.2, 0.25) is 0 Å². The van der Waals surface area contributed by atoms with E-state index in [-0.39, 0.29) is 18.5 Å². The SMILES string of the molecule is CCOC(CO[C@@H]1CCCN(C(=O)OCc2ccccc2)C1)OCC. The average Bonchev–Trinajstić information content (AvgIpc) is 2.65. The number of ether oxygens (including phenoxy) is 4. The summed E-state index contributed by atoms with van der Waals surface area (Å²) in [6.45, 7) is 6.92. The zero-order valence-electron chi connectivity index (χ0n) is 15.2. The maximum atomic E-state index is 12.3. The van der Waals surface area contributed by atoms with Gasteiger partial charge in [0.25, 0.3) is 0 Å². The number of piperidine rings is 1. The topological polar surface area (TPSA) is 57.2 Å². The van der Waals surface area contributed by atoms with Gasteiger partial charge in [-0.1, -0.05) is 30.3 Å². The first-order valence-electron chi connectivity index (χ1n) is 9.03. The summed E-state index contributed by atoms with van der Waals surface area (Å²) < 4.78 is 22.3. The van der Waals surface area contributed by atoms with E-state index in [4.69, 9.17) is 18.9 Å². The van der Waals surface area contributed by atoms with Crippen LogP contribution in [0.15, 0.2) is 30.3 Å². The van der Waals surface area contributed by atoms with Crippen molar-refractivity contribution >= 4 is 6.09 Å². The molecule has 1 saturated heterocycles. The van der Waals surface area contributed by atoms with Crippen LogP contribution in [0.4, 0.5) is 4.79 Å². The van der Waals surface area contributed by atoms with Crippen molar-refractivity contribution in [1.29, 1.82) is 0 Å². The lowest BCUT2D eigenvalue weighted by Gasteiger charge is -2.32. The molecule has 1 amide bonds. The van der Waals surface area contributed by atoms with E-state index in [1.54, 1.807) is 4.90 Å². The van der Waals surface area contributed by atoms with E-state index in [1.807, 2.05) is 44.2 Å². The number of hydrogen-bond donors (Lipinski definition) is 0. The molecule has 0 unspecified atom stereocenters. The van der Waals surface area contributed by atoms with E-state index in [9.17, 15) is 4.79 Å². The molecule has 25 heavy (non-hydrogen) atoms. The van der Waals surface area contributed by atoms with E-state index in [0.29, 0.717) is 39.5 Å². The molecule has 0 saturated carbocycles. The Labute approximate surface area is 150 Å². The number of nitrogens with zero attached hydrogens (tertiary/aromatic N) is 1. The van der Waals surface area contributed by atoms with Crippen LogP contribution in [0.5, 0.6) is 0 Å². The lowest BCUT2D eigenvalue weighted by atomic mass is 10.1. The summed E-state index contributed by atoms with van der Waals surface area (Å²) in [5, 5.41) is 0. The number of carbonyl (C=O) groups excluding carboxylic acids is 1. The third-order valence-corrected chi connectivity index (χ3v) is 4.01. The molecule has 140 valence electrons. The standard InChI is InChI=1S/C19H29NO5/c1-3-22-18(23-4-2)15-24-17-11-8-12-20(13-17)19(21)25-14-16-9-6-5-7-10-16/h5-7,9-10,17-18H,3-4,8,11-15H2,1-2H3/t17-/m1/s1. The number of likely N-dealkylation sites (tertiary alicyclic amines) is 1. The molecule has 0 radical (unpaired) electrons. The molecule has 2 rings (SSSR count). The molecule has 1 heterocycles. The third-order valence-electron chi connectivity index (χ3n) is 4.01.